The standard InChI is InChI=1S/C48H28S2/c1-2-11-34-33(10-1)35-12-3-4-14-37(35)39-23-20-29(26-42(39)38-15-6-5-13-36(34)38)30-21-24-46-43(27-30)44-28-31(22-25-47(44)49-46)32-17-9-18-41-40-16-7-8-19-45(40)50-48(32)41/h1-28H. The summed E-state index contributed by atoms with van der Waals surface area (Å²) in [5.74, 6) is 0. The van der Waals surface area contributed by atoms with Gasteiger partial charge in [0, 0.05) is 40.3 Å². The Labute approximate surface area is 298 Å². The zero-order valence-electron chi connectivity index (χ0n) is 27.0. The minimum absolute atomic E-state index is 1.23. The fraction of sp³-hybridized carbons (Fsp3) is 0. The van der Waals surface area contributed by atoms with Crippen LogP contribution in [0.2, 0.25) is 0 Å². The van der Waals surface area contributed by atoms with Gasteiger partial charge >= 0.3 is 0 Å². The van der Waals surface area contributed by atoms with Gasteiger partial charge in [-0.05, 0) is 103 Å². The molecule has 0 radical (unpaired) electrons. The summed E-state index contributed by atoms with van der Waals surface area (Å²) in [5, 5.41) is 5.32. The second kappa shape index (κ2) is 10.9. The van der Waals surface area contributed by atoms with Crippen molar-refractivity contribution in [1.82, 2.24) is 0 Å². The lowest BCUT2D eigenvalue weighted by molar-refractivity contribution is 1.52. The van der Waals surface area contributed by atoms with Gasteiger partial charge in [0.15, 0.2) is 0 Å². The van der Waals surface area contributed by atoms with Crippen LogP contribution in [0, 0.1) is 0 Å². The van der Waals surface area contributed by atoms with Crippen LogP contribution in [0.1, 0.15) is 0 Å². The summed E-state index contributed by atoms with van der Waals surface area (Å²) in [4.78, 5) is 0. The minimum atomic E-state index is 1.23. The molecule has 0 saturated heterocycles. The molecule has 2 heteroatoms. The van der Waals surface area contributed by atoms with Crippen LogP contribution in [-0.2, 0) is 0 Å². The van der Waals surface area contributed by atoms with Crippen molar-refractivity contribution < 1.29 is 0 Å². The molecule has 1 aliphatic rings. The highest BCUT2D eigenvalue weighted by atomic mass is 32.1. The third-order valence-corrected chi connectivity index (χ3v) is 12.9. The first-order chi connectivity index (χ1) is 24.8. The lowest BCUT2D eigenvalue weighted by Crippen LogP contribution is -1.97. The second-order valence-electron chi connectivity index (χ2n) is 13.2. The van der Waals surface area contributed by atoms with E-state index < -0.39 is 0 Å². The van der Waals surface area contributed by atoms with Crippen molar-refractivity contribution in [2.75, 3.05) is 0 Å². The zero-order valence-corrected chi connectivity index (χ0v) is 28.6. The molecular formula is C48H28S2. The molecule has 2 aromatic heterocycles. The van der Waals surface area contributed by atoms with Gasteiger partial charge in [-0.2, -0.15) is 0 Å². The summed E-state index contributed by atoms with van der Waals surface area (Å²) < 4.78 is 5.35. The molecule has 1 aliphatic carbocycles. The second-order valence-corrected chi connectivity index (χ2v) is 15.3. The maximum absolute atomic E-state index is 2.42. The fourth-order valence-electron chi connectivity index (χ4n) is 8.14. The summed E-state index contributed by atoms with van der Waals surface area (Å²) in [6.45, 7) is 0. The lowest BCUT2D eigenvalue weighted by Gasteiger charge is -2.23. The molecule has 0 N–H and O–H groups in total. The minimum Gasteiger partial charge on any atom is -0.135 e. The number of rotatable bonds is 2. The van der Waals surface area contributed by atoms with Gasteiger partial charge in [-0.1, -0.05) is 133 Å². The summed E-state index contributed by atoms with van der Waals surface area (Å²) >= 11 is 3.78. The van der Waals surface area contributed by atoms with Gasteiger partial charge < -0.3 is 0 Å². The highest BCUT2D eigenvalue weighted by Gasteiger charge is 2.22. The molecule has 0 fully saturated rings. The first kappa shape index (κ1) is 28.1. The van der Waals surface area contributed by atoms with E-state index in [1.165, 1.54) is 107 Å². The van der Waals surface area contributed by atoms with Gasteiger partial charge in [0.05, 0.1) is 0 Å². The van der Waals surface area contributed by atoms with Gasteiger partial charge in [0.2, 0.25) is 0 Å². The van der Waals surface area contributed by atoms with Gasteiger partial charge in [0.1, 0.15) is 0 Å². The number of hydrogen-bond acceptors (Lipinski definition) is 2. The average molecular weight is 669 g/mol. The summed E-state index contributed by atoms with van der Waals surface area (Å²) in [6, 6.07) is 63.3. The largest absolute Gasteiger partial charge is 0.135 e. The Kier molecular flexibility index (Phi) is 6.09. The van der Waals surface area contributed by atoms with E-state index in [0.29, 0.717) is 0 Å². The van der Waals surface area contributed by atoms with Crippen LogP contribution < -0.4 is 0 Å². The molecule has 0 unspecified atom stereocenters. The van der Waals surface area contributed by atoms with E-state index in [4.69, 9.17) is 0 Å². The van der Waals surface area contributed by atoms with E-state index >= 15 is 0 Å². The molecule has 0 bridgehead atoms. The van der Waals surface area contributed by atoms with Crippen molar-refractivity contribution in [1.29, 1.82) is 0 Å². The monoisotopic (exact) mass is 668 g/mol. The van der Waals surface area contributed by atoms with E-state index in [9.17, 15) is 0 Å². The molecule has 0 aliphatic heterocycles. The smallest absolute Gasteiger partial charge is 0.0433 e. The predicted octanol–water partition coefficient (Wildman–Crippen LogP) is 14.7. The van der Waals surface area contributed by atoms with Crippen molar-refractivity contribution in [2.45, 2.75) is 0 Å². The molecule has 50 heavy (non-hydrogen) atoms. The molecule has 0 nitrogen and oxygen atoms in total. The van der Waals surface area contributed by atoms with Crippen LogP contribution in [0.5, 0.6) is 0 Å². The predicted molar refractivity (Wildman–Crippen MR) is 218 cm³/mol. The van der Waals surface area contributed by atoms with Gasteiger partial charge in [-0.15, -0.1) is 22.7 Å². The summed E-state index contributed by atoms with van der Waals surface area (Å²) in [5.41, 5.74) is 15.3. The van der Waals surface area contributed by atoms with Crippen LogP contribution >= 0.6 is 22.7 Å². The SMILES string of the molecule is c1ccc2c(c1)-c1ccccc1-c1ccc(-c3ccc4sc5ccc(-c6cccc7c6sc6ccccc67)cc5c4c3)cc1-c1ccccc1-2. The molecule has 0 amide bonds. The van der Waals surface area contributed by atoms with E-state index in [1.54, 1.807) is 0 Å². The Morgan fingerprint density at radius 2 is 0.680 bits per heavy atom. The first-order valence-electron chi connectivity index (χ1n) is 17.1. The topological polar surface area (TPSA) is 0 Å². The zero-order chi connectivity index (χ0) is 32.8. The fourth-order valence-corrected chi connectivity index (χ4v) is 10.4. The third kappa shape index (κ3) is 4.16. The molecule has 0 spiro atoms. The van der Waals surface area contributed by atoms with Gasteiger partial charge in [-0.3, -0.25) is 0 Å². The lowest BCUT2D eigenvalue weighted by atomic mass is 9.80. The third-order valence-electron chi connectivity index (χ3n) is 10.5. The van der Waals surface area contributed by atoms with Crippen LogP contribution in [0.3, 0.4) is 0 Å². The quantitative estimate of drug-likeness (QED) is 0.172. The first-order valence-corrected chi connectivity index (χ1v) is 18.7. The van der Waals surface area contributed by atoms with Crippen molar-refractivity contribution in [3.8, 4) is 66.8 Å². The normalized spacial score (nSPS) is 12.0. The van der Waals surface area contributed by atoms with Crippen molar-refractivity contribution in [3.63, 3.8) is 0 Å². The van der Waals surface area contributed by atoms with Crippen LogP contribution in [0.4, 0.5) is 0 Å². The van der Waals surface area contributed by atoms with Gasteiger partial charge in [-0.25, -0.2) is 0 Å². The van der Waals surface area contributed by atoms with Crippen LogP contribution in [0.25, 0.3) is 107 Å². The van der Waals surface area contributed by atoms with Crippen molar-refractivity contribution >= 4 is 63.0 Å². The molecule has 0 saturated carbocycles. The van der Waals surface area contributed by atoms with Crippen molar-refractivity contribution in [3.05, 3.63) is 170 Å². The molecular weight excluding hydrogens is 641 g/mol. The molecule has 8 aromatic carbocycles. The van der Waals surface area contributed by atoms with Crippen LogP contribution in [0.15, 0.2) is 170 Å². The molecule has 0 atom stereocenters. The van der Waals surface area contributed by atoms with Gasteiger partial charge in [0.25, 0.3) is 0 Å². The van der Waals surface area contributed by atoms with Crippen LogP contribution in [-0.4, -0.2) is 0 Å². The van der Waals surface area contributed by atoms with E-state index in [1.807, 2.05) is 22.7 Å². The Bertz CT molecular complexity index is 2980. The highest BCUT2D eigenvalue weighted by Crippen LogP contribution is 2.49. The Hall–Kier alpha value is -5.80. The molecule has 11 rings (SSSR count). The number of thiophene rings is 2. The average Bonchev–Trinajstić information content (AvgIpc) is 3.75. The number of hydrogen-bond donors (Lipinski definition) is 0. The van der Waals surface area contributed by atoms with E-state index in [0.717, 1.165) is 0 Å². The Morgan fingerprint density at radius 3 is 1.34 bits per heavy atom. The Balaban J connectivity index is 1.09. The Morgan fingerprint density at radius 1 is 0.240 bits per heavy atom. The maximum Gasteiger partial charge on any atom is 0.0433 e. The number of benzene rings is 8. The highest BCUT2D eigenvalue weighted by molar-refractivity contribution is 7.26. The van der Waals surface area contributed by atoms with Crippen molar-refractivity contribution in [2.24, 2.45) is 0 Å². The number of fused-ring (bicyclic) bond motifs is 14. The summed E-state index contributed by atoms with van der Waals surface area (Å²) in [6.07, 6.45) is 0. The van der Waals surface area contributed by atoms with E-state index in [-0.39, 0.29) is 0 Å². The summed E-state index contributed by atoms with van der Waals surface area (Å²) in [7, 11) is 0. The molecule has 10 aromatic rings. The maximum atomic E-state index is 2.42. The van der Waals surface area contributed by atoms with E-state index in [2.05, 4.69) is 170 Å². The molecule has 232 valence electrons. The molecule has 2 heterocycles.